The monoisotopic (exact) mass is 473 g/mol. The van der Waals surface area contributed by atoms with Gasteiger partial charge in [-0.1, -0.05) is 19.4 Å². The second kappa shape index (κ2) is 9.89. The predicted molar refractivity (Wildman–Crippen MR) is 133 cm³/mol. The number of nitrogens with two attached hydrogens (primary N) is 1. The van der Waals surface area contributed by atoms with E-state index in [1.165, 1.54) is 12.3 Å². The summed E-state index contributed by atoms with van der Waals surface area (Å²) in [5.74, 6) is 7.45. The standard InChI is InChI=1S/C26H27N5O4/c1-5-22(32)20-14-28-26(27)24-21(8-7-16-11-18(34-3)13-19(12-16)35-4)29-31(25(20)24)17-9-10-30(15-17)23(33)6-2/h6,11-14,17H,2,5,9-10,15H2,1,3-4H3,(H2,27,28). The van der Waals surface area contributed by atoms with E-state index in [0.717, 1.165) is 0 Å². The summed E-state index contributed by atoms with van der Waals surface area (Å²) in [6, 6.07) is 5.20. The SMILES string of the molecule is C=CC(=O)N1CCC(n2nc(C#Cc3cc(OC)cc(OC)c3)c3c(N)ncc(C(=O)CC)c32)C1. The highest BCUT2D eigenvalue weighted by atomic mass is 16.5. The number of anilines is 1. The molecule has 1 aliphatic rings. The van der Waals surface area contributed by atoms with Crippen LogP contribution in [0.5, 0.6) is 11.5 Å². The summed E-state index contributed by atoms with van der Waals surface area (Å²) in [6.45, 7) is 6.39. The Balaban J connectivity index is 1.87. The molecule has 1 fully saturated rings. The molecule has 1 unspecified atom stereocenters. The number of nitrogen functional groups attached to an aromatic ring is 1. The van der Waals surface area contributed by atoms with E-state index in [1.807, 2.05) is 0 Å². The topological polar surface area (TPSA) is 113 Å². The number of carbonyl (C=O) groups is 2. The maximum atomic E-state index is 12.8. The average molecular weight is 474 g/mol. The van der Waals surface area contributed by atoms with Crippen LogP contribution in [0.25, 0.3) is 10.9 Å². The number of ketones is 1. The molecule has 9 nitrogen and oxygen atoms in total. The van der Waals surface area contributed by atoms with Crippen molar-refractivity contribution in [2.24, 2.45) is 0 Å². The molecule has 1 saturated heterocycles. The first-order chi connectivity index (χ1) is 16.9. The van der Waals surface area contributed by atoms with Gasteiger partial charge >= 0.3 is 0 Å². The van der Waals surface area contributed by atoms with Crippen molar-refractivity contribution in [2.75, 3.05) is 33.0 Å². The summed E-state index contributed by atoms with van der Waals surface area (Å²) in [4.78, 5) is 30.9. The number of hydrogen-bond acceptors (Lipinski definition) is 7. The lowest BCUT2D eigenvalue weighted by atomic mass is 10.1. The fourth-order valence-corrected chi connectivity index (χ4v) is 4.22. The molecule has 1 amide bonds. The van der Waals surface area contributed by atoms with E-state index >= 15 is 0 Å². The quantitative estimate of drug-likeness (QED) is 0.333. The van der Waals surface area contributed by atoms with Gasteiger partial charge in [0.15, 0.2) is 5.78 Å². The fraction of sp³-hybridized carbons (Fsp3) is 0.308. The summed E-state index contributed by atoms with van der Waals surface area (Å²) in [7, 11) is 3.14. The van der Waals surface area contributed by atoms with Crippen molar-refractivity contribution in [1.82, 2.24) is 19.7 Å². The number of Topliss-reactive ketones (excluding diaryl/α,β-unsaturated/α-hetero) is 1. The Morgan fingerprint density at radius 2 is 1.94 bits per heavy atom. The molecule has 3 aromatic rings. The van der Waals surface area contributed by atoms with Gasteiger partial charge in [-0.2, -0.15) is 5.10 Å². The predicted octanol–water partition coefficient (Wildman–Crippen LogP) is 2.98. The highest BCUT2D eigenvalue weighted by Gasteiger charge is 2.30. The molecule has 35 heavy (non-hydrogen) atoms. The Kier molecular flexibility index (Phi) is 6.73. The lowest BCUT2D eigenvalue weighted by Gasteiger charge is -2.16. The highest BCUT2D eigenvalue weighted by Crippen LogP contribution is 2.32. The molecule has 180 valence electrons. The van der Waals surface area contributed by atoms with E-state index in [0.29, 0.717) is 65.2 Å². The number of ether oxygens (including phenoxy) is 2. The Morgan fingerprint density at radius 3 is 2.57 bits per heavy atom. The Hall–Kier alpha value is -4.32. The van der Waals surface area contributed by atoms with Gasteiger partial charge in [0, 0.05) is 37.3 Å². The third-order valence-corrected chi connectivity index (χ3v) is 6.05. The van der Waals surface area contributed by atoms with Gasteiger partial charge in [-0.05, 0) is 30.6 Å². The maximum absolute atomic E-state index is 12.8. The summed E-state index contributed by atoms with van der Waals surface area (Å²) in [6.07, 6.45) is 3.78. The van der Waals surface area contributed by atoms with Crippen LogP contribution in [-0.4, -0.2) is 58.7 Å². The van der Waals surface area contributed by atoms with Gasteiger partial charge in [0.25, 0.3) is 0 Å². The van der Waals surface area contributed by atoms with Gasteiger partial charge in [0.2, 0.25) is 5.91 Å². The van der Waals surface area contributed by atoms with Crippen molar-refractivity contribution in [2.45, 2.75) is 25.8 Å². The molecular formula is C26H27N5O4. The lowest BCUT2D eigenvalue weighted by Crippen LogP contribution is -2.27. The van der Waals surface area contributed by atoms with Crippen molar-refractivity contribution in [3.8, 4) is 23.3 Å². The van der Waals surface area contributed by atoms with Crippen LogP contribution in [0.3, 0.4) is 0 Å². The van der Waals surface area contributed by atoms with Crippen LogP contribution in [0, 0.1) is 11.8 Å². The van der Waals surface area contributed by atoms with Crippen LogP contribution in [0.1, 0.15) is 47.4 Å². The molecule has 1 aliphatic heterocycles. The van der Waals surface area contributed by atoms with E-state index in [4.69, 9.17) is 20.3 Å². The maximum Gasteiger partial charge on any atom is 0.246 e. The molecule has 0 bridgehead atoms. The number of methoxy groups -OCH3 is 2. The Morgan fingerprint density at radius 1 is 1.23 bits per heavy atom. The second-order valence-electron chi connectivity index (χ2n) is 8.13. The number of amides is 1. The normalized spacial score (nSPS) is 14.9. The van der Waals surface area contributed by atoms with Gasteiger partial charge in [-0.15, -0.1) is 0 Å². The molecule has 3 heterocycles. The molecule has 0 spiro atoms. The first-order valence-corrected chi connectivity index (χ1v) is 11.3. The van der Waals surface area contributed by atoms with Crippen molar-refractivity contribution in [3.63, 3.8) is 0 Å². The zero-order chi connectivity index (χ0) is 25.1. The molecule has 4 rings (SSSR count). The van der Waals surface area contributed by atoms with Gasteiger partial charge in [0.05, 0.1) is 36.7 Å². The number of rotatable bonds is 6. The molecule has 1 aromatic carbocycles. The largest absolute Gasteiger partial charge is 0.497 e. The van der Waals surface area contributed by atoms with Crippen LogP contribution < -0.4 is 15.2 Å². The van der Waals surface area contributed by atoms with E-state index in [-0.39, 0.29) is 23.6 Å². The number of hydrogen-bond donors (Lipinski definition) is 1. The van der Waals surface area contributed by atoms with E-state index in [1.54, 1.807) is 48.9 Å². The van der Waals surface area contributed by atoms with Gasteiger partial charge in [-0.25, -0.2) is 4.98 Å². The zero-order valence-corrected chi connectivity index (χ0v) is 20.0. The molecular weight excluding hydrogens is 446 g/mol. The molecule has 2 aromatic heterocycles. The fourth-order valence-electron chi connectivity index (χ4n) is 4.22. The van der Waals surface area contributed by atoms with Gasteiger partial charge in [-0.3, -0.25) is 14.3 Å². The molecule has 1 atom stereocenters. The van der Waals surface area contributed by atoms with Crippen LogP contribution in [0.4, 0.5) is 5.82 Å². The van der Waals surface area contributed by atoms with Crippen molar-refractivity contribution < 1.29 is 19.1 Å². The first-order valence-electron chi connectivity index (χ1n) is 11.3. The van der Waals surface area contributed by atoms with Crippen LogP contribution in [0.15, 0.2) is 37.1 Å². The third-order valence-electron chi connectivity index (χ3n) is 6.05. The number of aromatic nitrogens is 3. The van der Waals surface area contributed by atoms with Gasteiger partial charge in [0.1, 0.15) is 23.0 Å². The van der Waals surface area contributed by atoms with Crippen LogP contribution >= 0.6 is 0 Å². The Labute approximate surface area is 203 Å². The van der Waals surface area contributed by atoms with Crippen molar-refractivity contribution >= 4 is 28.4 Å². The molecule has 0 radical (unpaired) electrons. The Bertz CT molecular complexity index is 1360. The number of carbonyl (C=O) groups excluding carboxylic acids is 2. The third kappa shape index (κ3) is 4.55. The van der Waals surface area contributed by atoms with Crippen LogP contribution in [0.2, 0.25) is 0 Å². The van der Waals surface area contributed by atoms with E-state index < -0.39 is 0 Å². The number of likely N-dealkylation sites (tertiary alicyclic amines) is 1. The summed E-state index contributed by atoms with van der Waals surface area (Å²) >= 11 is 0. The minimum atomic E-state index is -0.140. The number of pyridine rings is 1. The molecule has 0 aliphatic carbocycles. The van der Waals surface area contributed by atoms with E-state index in [2.05, 4.69) is 23.4 Å². The average Bonchev–Trinajstić information content (AvgIpc) is 3.52. The van der Waals surface area contributed by atoms with Gasteiger partial charge < -0.3 is 20.1 Å². The highest BCUT2D eigenvalue weighted by molar-refractivity contribution is 6.09. The summed E-state index contributed by atoms with van der Waals surface area (Å²) in [5, 5.41) is 5.30. The molecule has 2 N–H and O–H groups in total. The zero-order valence-electron chi connectivity index (χ0n) is 20.0. The van der Waals surface area contributed by atoms with E-state index in [9.17, 15) is 9.59 Å². The van der Waals surface area contributed by atoms with Crippen molar-refractivity contribution in [1.29, 1.82) is 0 Å². The van der Waals surface area contributed by atoms with Crippen molar-refractivity contribution in [3.05, 3.63) is 53.9 Å². The second-order valence-corrected chi connectivity index (χ2v) is 8.13. The molecule has 9 heteroatoms. The minimum Gasteiger partial charge on any atom is -0.497 e. The minimum absolute atomic E-state index is 0.0716. The van der Waals surface area contributed by atoms with Crippen LogP contribution in [-0.2, 0) is 4.79 Å². The summed E-state index contributed by atoms with van der Waals surface area (Å²) < 4.78 is 12.4. The number of benzene rings is 1. The lowest BCUT2D eigenvalue weighted by molar-refractivity contribution is -0.125. The summed E-state index contributed by atoms with van der Waals surface area (Å²) in [5.41, 5.74) is 8.38. The smallest absolute Gasteiger partial charge is 0.246 e. The number of nitrogens with zero attached hydrogens (tertiary/aromatic N) is 4. The molecule has 0 saturated carbocycles. The number of fused-ring (bicyclic) bond motifs is 1. The first kappa shape index (κ1) is 23.8.